The molecule has 0 bridgehead atoms. The first-order valence-electron chi connectivity index (χ1n) is 13.0. The number of nitrogens with zero attached hydrogens (tertiary/aromatic N) is 1. The normalized spacial score (nSPS) is 25.3. The Hall–Kier alpha value is -2.37. The predicted molar refractivity (Wildman–Crippen MR) is 136 cm³/mol. The molecular formula is C29H40N2O3. The van der Waals surface area contributed by atoms with Gasteiger partial charge >= 0.3 is 0 Å². The van der Waals surface area contributed by atoms with Crippen LogP contribution in [-0.4, -0.2) is 54.3 Å². The monoisotopic (exact) mass is 464 g/mol. The number of phenols is 1. The summed E-state index contributed by atoms with van der Waals surface area (Å²) in [4.78, 5) is 15.4. The molecule has 0 spiro atoms. The second kappa shape index (κ2) is 10.9. The molecule has 34 heavy (non-hydrogen) atoms. The highest BCUT2D eigenvalue weighted by Gasteiger charge is 2.50. The van der Waals surface area contributed by atoms with E-state index >= 15 is 0 Å². The number of aryl methyl sites for hydroxylation is 1. The first-order valence-corrected chi connectivity index (χ1v) is 13.0. The Balaban J connectivity index is 1.64. The number of benzene rings is 2. The highest BCUT2D eigenvalue weighted by atomic mass is 16.5. The van der Waals surface area contributed by atoms with Crippen molar-refractivity contribution in [3.05, 3.63) is 65.2 Å². The summed E-state index contributed by atoms with van der Waals surface area (Å²) in [5.74, 6) is 1.08. The molecule has 1 aliphatic carbocycles. The van der Waals surface area contributed by atoms with Gasteiger partial charge in [0.25, 0.3) is 5.91 Å². The van der Waals surface area contributed by atoms with Crippen LogP contribution in [0.1, 0.15) is 67.9 Å². The van der Waals surface area contributed by atoms with E-state index in [-0.39, 0.29) is 23.5 Å². The number of amides is 1. The maximum atomic E-state index is 12.8. The smallest absolute Gasteiger partial charge is 0.251 e. The zero-order valence-electron chi connectivity index (χ0n) is 20.9. The number of nitrogens with one attached hydrogen (secondary N) is 1. The Labute approximate surface area is 204 Å². The molecule has 3 unspecified atom stereocenters. The number of phenolic OH excluding ortho intramolecular Hbond substituents is 1. The van der Waals surface area contributed by atoms with E-state index in [1.165, 1.54) is 24.0 Å². The van der Waals surface area contributed by atoms with E-state index in [1.54, 1.807) is 6.07 Å². The van der Waals surface area contributed by atoms with Gasteiger partial charge in [-0.1, -0.05) is 31.2 Å². The molecule has 1 heterocycles. The van der Waals surface area contributed by atoms with Gasteiger partial charge in [-0.15, -0.1) is 0 Å². The first kappa shape index (κ1) is 24.7. The number of piperidine rings is 1. The van der Waals surface area contributed by atoms with Crippen molar-refractivity contribution in [1.82, 2.24) is 10.2 Å². The first-order chi connectivity index (χ1) is 16.5. The van der Waals surface area contributed by atoms with Gasteiger partial charge in [0.1, 0.15) is 5.75 Å². The molecule has 1 amide bonds. The SMILES string of the molecule is CCOC1C(C)N(CC2CC2)CCC1(CCNC(=O)c1ccccc1)c1cc(O)ccc1CC. The highest BCUT2D eigenvalue weighted by molar-refractivity contribution is 5.94. The van der Waals surface area contributed by atoms with Crippen LogP contribution in [0.25, 0.3) is 0 Å². The minimum absolute atomic E-state index is 0.00859. The number of ether oxygens (including phenoxy) is 1. The van der Waals surface area contributed by atoms with Gasteiger partial charge in [-0.05, 0) is 93.8 Å². The van der Waals surface area contributed by atoms with Crippen LogP contribution >= 0.6 is 0 Å². The van der Waals surface area contributed by atoms with Crippen molar-refractivity contribution < 1.29 is 14.6 Å². The number of hydrogen-bond acceptors (Lipinski definition) is 4. The third-order valence-electron chi connectivity index (χ3n) is 7.84. The molecular weight excluding hydrogens is 424 g/mol. The van der Waals surface area contributed by atoms with Crippen LogP contribution in [-0.2, 0) is 16.6 Å². The van der Waals surface area contributed by atoms with Crippen molar-refractivity contribution in [3.8, 4) is 5.75 Å². The lowest BCUT2D eigenvalue weighted by Crippen LogP contribution is -2.61. The van der Waals surface area contributed by atoms with Crippen LogP contribution in [0.3, 0.4) is 0 Å². The van der Waals surface area contributed by atoms with Crippen LogP contribution < -0.4 is 5.32 Å². The van der Waals surface area contributed by atoms with Gasteiger partial charge in [0, 0.05) is 36.7 Å². The van der Waals surface area contributed by atoms with Crippen molar-refractivity contribution in [2.75, 3.05) is 26.2 Å². The molecule has 2 aliphatic rings. The van der Waals surface area contributed by atoms with Crippen molar-refractivity contribution in [3.63, 3.8) is 0 Å². The molecule has 1 saturated heterocycles. The lowest BCUT2D eigenvalue weighted by atomic mass is 9.64. The molecule has 2 fully saturated rings. The van der Waals surface area contributed by atoms with Gasteiger partial charge in [-0.2, -0.15) is 0 Å². The van der Waals surface area contributed by atoms with E-state index in [9.17, 15) is 9.90 Å². The molecule has 5 heteroatoms. The summed E-state index contributed by atoms with van der Waals surface area (Å²) in [6.07, 6.45) is 5.29. The Kier molecular flexibility index (Phi) is 7.95. The summed E-state index contributed by atoms with van der Waals surface area (Å²) in [6.45, 7) is 9.89. The molecule has 4 rings (SSSR count). The Morgan fingerprint density at radius 1 is 1.18 bits per heavy atom. The summed E-state index contributed by atoms with van der Waals surface area (Å²) >= 11 is 0. The van der Waals surface area contributed by atoms with Crippen molar-refractivity contribution in [2.45, 2.75) is 70.4 Å². The third kappa shape index (κ3) is 5.31. The van der Waals surface area contributed by atoms with Crippen LogP contribution in [0, 0.1) is 5.92 Å². The number of carbonyl (C=O) groups excluding carboxylic acids is 1. The van der Waals surface area contributed by atoms with E-state index in [0.717, 1.165) is 38.3 Å². The number of rotatable bonds is 10. The van der Waals surface area contributed by atoms with Crippen molar-refractivity contribution in [2.24, 2.45) is 5.92 Å². The van der Waals surface area contributed by atoms with E-state index in [1.807, 2.05) is 36.4 Å². The average Bonchev–Trinajstić information content (AvgIpc) is 3.67. The summed E-state index contributed by atoms with van der Waals surface area (Å²) in [5.41, 5.74) is 2.83. The maximum Gasteiger partial charge on any atom is 0.251 e. The molecule has 1 aliphatic heterocycles. The van der Waals surface area contributed by atoms with E-state index < -0.39 is 0 Å². The number of carbonyl (C=O) groups is 1. The van der Waals surface area contributed by atoms with Crippen molar-refractivity contribution in [1.29, 1.82) is 0 Å². The standard InChI is InChI=1S/C29H40N2O3/c1-4-23-13-14-25(32)19-26(23)29(15-17-30-28(33)24-9-7-6-8-10-24)16-18-31(20-22-11-12-22)21(3)27(29)34-5-2/h6-10,13-14,19,21-22,27,32H,4-5,11-12,15-18,20H2,1-3H3,(H,30,33). The summed E-state index contributed by atoms with van der Waals surface area (Å²) < 4.78 is 6.54. The minimum Gasteiger partial charge on any atom is -0.508 e. The van der Waals surface area contributed by atoms with Gasteiger partial charge < -0.3 is 15.2 Å². The number of likely N-dealkylation sites (tertiary alicyclic amines) is 1. The van der Waals surface area contributed by atoms with Gasteiger partial charge in [0.05, 0.1) is 6.10 Å². The largest absolute Gasteiger partial charge is 0.508 e. The Morgan fingerprint density at radius 2 is 1.94 bits per heavy atom. The fraction of sp³-hybridized carbons (Fsp3) is 0.552. The van der Waals surface area contributed by atoms with Crippen LogP contribution in [0.5, 0.6) is 5.75 Å². The summed E-state index contributed by atoms with van der Waals surface area (Å²) in [5, 5.41) is 13.6. The molecule has 3 atom stereocenters. The quantitative estimate of drug-likeness (QED) is 0.524. The fourth-order valence-electron chi connectivity index (χ4n) is 5.83. The van der Waals surface area contributed by atoms with Crippen molar-refractivity contribution >= 4 is 5.91 Å². The number of hydrogen-bond donors (Lipinski definition) is 2. The molecule has 2 aromatic rings. The molecule has 5 nitrogen and oxygen atoms in total. The van der Waals surface area contributed by atoms with Gasteiger partial charge in [0.15, 0.2) is 0 Å². The van der Waals surface area contributed by atoms with Crippen LogP contribution in [0.15, 0.2) is 48.5 Å². The fourth-order valence-corrected chi connectivity index (χ4v) is 5.83. The Bertz CT molecular complexity index is 959. The molecule has 184 valence electrons. The van der Waals surface area contributed by atoms with Gasteiger partial charge in [-0.25, -0.2) is 0 Å². The lowest BCUT2D eigenvalue weighted by Gasteiger charge is -2.52. The minimum atomic E-state index is -0.274. The zero-order valence-corrected chi connectivity index (χ0v) is 20.9. The third-order valence-corrected chi connectivity index (χ3v) is 7.84. The molecule has 2 N–H and O–H groups in total. The van der Waals surface area contributed by atoms with Gasteiger partial charge in [-0.3, -0.25) is 9.69 Å². The second-order valence-electron chi connectivity index (χ2n) is 10.0. The summed E-state index contributed by atoms with van der Waals surface area (Å²) in [6, 6.07) is 15.4. The molecule has 1 saturated carbocycles. The number of aromatic hydroxyl groups is 1. The zero-order chi connectivity index (χ0) is 24.1. The maximum absolute atomic E-state index is 12.8. The highest BCUT2D eigenvalue weighted by Crippen LogP contribution is 2.46. The summed E-state index contributed by atoms with van der Waals surface area (Å²) in [7, 11) is 0. The topological polar surface area (TPSA) is 61.8 Å². The van der Waals surface area contributed by atoms with Gasteiger partial charge in [0.2, 0.25) is 0 Å². The predicted octanol–water partition coefficient (Wildman–Crippen LogP) is 4.92. The lowest BCUT2D eigenvalue weighted by molar-refractivity contribution is -0.0871. The van der Waals surface area contributed by atoms with Crippen LogP contribution in [0.4, 0.5) is 0 Å². The van der Waals surface area contributed by atoms with E-state index in [2.05, 4.69) is 37.1 Å². The molecule has 0 aromatic heterocycles. The van der Waals surface area contributed by atoms with Crippen LogP contribution in [0.2, 0.25) is 0 Å². The van der Waals surface area contributed by atoms with E-state index in [4.69, 9.17) is 4.74 Å². The Morgan fingerprint density at radius 3 is 2.62 bits per heavy atom. The molecule has 0 radical (unpaired) electrons. The molecule has 2 aromatic carbocycles. The average molecular weight is 465 g/mol. The second-order valence-corrected chi connectivity index (χ2v) is 10.0. The van der Waals surface area contributed by atoms with E-state index in [0.29, 0.717) is 24.5 Å².